The largest absolute Gasteiger partial charge is 0.462 e. The molecule has 0 saturated heterocycles. The number of fused-ring (bicyclic) bond motifs is 5. The Kier molecular flexibility index (Phi) is 4.67. The Bertz CT molecular complexity index is 683. The Morgan fingerprint density at radius 2 is 1.93 bits per heavy atom. The second-order valence-corrected chi connectivity index (χ2v) is 10.1. The molecule has 0 spiro atoms. The van der Waals surface area contributed by atoms with Crippen LogP contribution in [0.2, 0.25) is 0 Å². The van der Waals surface area contributed by atoms with Crippen LogP contribution in [-0.2, 0) is 9.53 Å². The van der Waals surface area contributed by atoms with Gasteiger partial charge in [0.1, 0.15) is 6.10 Å². The maximum Gasteiger partial charge on any atom is 0.302 e. The molecule has 150 valence electrons. The summed E-state index contributed by atoms with van der Waals surface area (Å²) in [5, 5.41) is 12.9. The molecule has 0 aromatic heterocycles. The van der Waals surface area contributed by atoms with Gasteiger partial charge in [0.05, 0.1) is 5.71 Å². The summed E-state index contributed by atoms with van der Waals surface area (Å²) in [6.07, 6.45) is 11.8. The molecule has 0 heterocycles. The summed E-state index contributed by atoms with van der Waals surface area (Å²) < 4.78 is 5.54. The van der Waals surface area contributed by atoms with Crippen molar-refractivity contribution in [2.24, 2.45) is 39.7 Å². The van der Waals surface area contributed by atoms with Crippen molar-refractivity contribution in [3.05, 3.63) is 11.6 Å². The summed E-state index contributed by atoms with van der Waals surface area (Å²) >= 11 is 0. The third-order valence-electron chi connectivity index (χ3n) is 9.05. The number of allylic oxidation sites excluding steroid dienone is 1. The maximum atomic E-state index is 11.4. The fourth-order valence-corrected chi connectivity index (χ4v) is 7.72. The molecule has 27 heavy (non-hydrogen) atoms. The van der Waals surface area contributed by atoms with E-state index >= 15 is 0 Å². The molecule has 0 radical (unpaired) electrons. The second-order valence-electron chi connectivity index (χ2n) is 10.1. The van der Waals surface area contributed by atoms with Crippen LogP contribution < -0.4 is 0 Å². The minimum atomic E-state index is -0.149. The zero-order valence-corrected chi connectivity index (χ0v) is 17.3. The number of hydrogen-bond acceptors (Lipinski definition) is 4. The standard InChI is InChI=1S/C23H35NO3/c1-14(24-26)19-7-8-20-18-6-5-16-13-17(27-15(2)25)9-11-22(16,3)21(18)10-12-23(19,20)4/h5,17-21,26H,6-13H2,1-4H3/b24-14-/t17?,18-,19+,20-,21-,22-,23+/m0/s1. The Labute approximate surface area is 163 Å². The molecule has 3 saturated carbocycles. The van der Waals surface area contributed by atoms with Gasteiger partial charge in [-0.05, 0) is 80.5 Å². The first-order valence-electron chi connectivity index (χ1n) is 10.8. The summed E-state index contributed by atoms with van der Waals surface area (Å²) in [4.78, 5) is 11.4. The van der Waals surface area contributed by atoms with E-state index in [4.69, 9.17) is 4.74 Å². The Morgan fingerprint density at radius 1 is 1.15 bits per heavy atom. The average Bonchev–Trinajstić information content (AvgIpc) is 2.98. The lowest BCUT2D eigenvalue weighted by Crippen LogP contribution is -2.51. The zero-order chi connectivity index (χ0) is 19.4. The zero-order valence-electron chi connectivity index (χ0n) is 17.3. The van der Waals surface area contributed by atoms with Crippen molar-refractivity contribution in [3.8, 4) is 0 Å². The van der Waals surface area contributed by atoms with Gasteiger partial charge in [-0.25, -0.2) is 0 Å². The Hall–Kier alpha value is -1.32. The molecule has 4 aliphatic carbocycles. The molecule has 4 nitrogen and oxygen atoms in total. The minimum Gasteiger partial charge on any atom is -0.462 e. The molecule has 1 N–H and O–H groups in total. The van der Waals surface area contributed by atoms with Crippen LogP contribution in [0.15, 0.2) is 16.8 Å². The normalized spacial score (nSPS) is 46.7. The molecule has 0 bridgehead atoms. The van der Waals surface area contributed by atoms with Crippen LogP contribution in [0.25, 0.3) is 0 Å². The van der Waals surface area contributed by atoms with E-state index in [0.717, 1.165) is 42.7 Å². The molecule has 0 aliphatic heterocycles. The van der Waals surface area contributed by atoms with Gasteiger partial charge in [0.25, 0.3) is 0 Å². The van der Waals surface area contributed by atoms with E-state index in [9.17, 15) is 10.0 Å². The van der Waals surface area contributed by atoms with E-state index in [-0.39, 0.29) is 22.9 Å². The molecule has 0 aromatic rings. The highest BCUT2D eigenvalue weighted by Crippen LogP contribution is 2.66. The highest BCUT2D eigenvalue weighted by molar-refractivity contribution is 5.85. The van der Waals surface area contributed by atoms with Crippen LogP contribution in [0.5, 0.6) is 0 Å². The van der Waals surface area contributed by atoms with E-state index in [0.29, 0.717) is 5.92 Å². The highest BCUT2D eigenvalue weighted by Gasteiger charge is 2.59. The smallest absolute Gasteiger partial charge is 0.302 e. The minimum absolute atomic E-state index is 0.0755. The lowest BCUT2D eigenvalue weighted by Gasteiger charge is -2.58. The van der Waals surface area contributed by atoms with Crippen molar-refractivity contribution in [2.75, 3.05) is 0 Å². The summed E-state index contributed by atoms with van der Waals surface area (Å²) in [6, 6.07) is 0. The lowest BCUT2D eigenvalue weighted by atomic mass is 9.47. The number of carbonyl (C=O) groups excluding carboxylic acids is 1. The van der Waals surface area contributed by atoms with Crippen molar-refractivity contribution < 1.29 is 14.7 Å². The van der Waals surface area contributed by atoms with Gasteiger partial charge >= 0.3 is 5.97 Å². The summed E-state index contributed by atoms with van der Waals surface area (Å²) in [7, 11) is 0. The Morgan fingerprint density at radius 3 is 2.63 bits per heavy atom. The van der Waals surface area contributed by atoms with Crippen molar-refractivity contribution >= 4 is 11.7 Å². The second kappa shape index (κ2) is 6.63. The molecule has 4 aliphatic rings. The predicted octanol–water partition coefficient (Wildman–Crippen LogP) is 5.35. The van der Waals surface area contributed by atoms with Gasteiger partial charge in [0.15, 0.2) is 0 Å². The first kappa shape index (κ1) is 19.0. The molecule has 0 aromatic carbocycles. The van der Waals surface area contributed by atoms with Crippen LogP contribution in [0.3, 0.4) is 0 Å². The summed E-state index contributed by atoms with van der Waals surface area (Å²) in [5.41, 5.74) is 3.04. The monoisotopic (exact) mass is 373 g/mol. The van der Waals surface area contributed by atoms with E-state index < -0.39 is 0 Å². The SMILES string of the molecule is CC(=O)OC1CC[C@@]2(C)C(=CC[C@H]3[C@@H]4CC[C@H](/C(C)=N\O)[C@@]4(C)CC[C@@H]32)C1. The van der Waals surface area contributed by atoms with Crippen molar-refractivity contribution in [2.45, 2.75) is 85.2 Å². The van der Waals surface area contributed by atoms with Gasteiger partial charge in [-0.2, -0.15) is 0 Å². The van der Waals surface area contributed by atoms with Crippen molar-refractivity contribution in [3.63, 3.8) is 0 Å². The van der Waals surface area contributed by atoms with E-state index in [1.165, 1.54) is 39.0 Å². The number of rotatable bonds is 2. The van der Waals surface area contributed by atoms with Gasteiger partial charge < -0.3 is 9.94 Å². The van der Waals surface area contributed by atoms with Gasteiger partial charge in [-0.15, -0.1) is 0 Å². The highest BCUT2D eigenvalue weighted by atomic mass is 16.5. The summed E-state index contributed by atoms with van der Waals surface area (Å²) in [6.45, 7) is 8.46. The maximum absolute atomic E-state index is 11.4. The van der Waals surface area contributed by atoms with Crippen LogP contribution in [0.4, 0.5) is 0 Å². The fraction of sp³-hybridized carbons (Fsp3) is 0.826. The van der Waals surface area contributed by atoms with E-state index in [2.05, 4.69) is 25.1 Å². The Balaban J connectivity index is 1.58. The number of carbonyl (C=O) groups is 1. The van der Waals surface area contributed by atoms with Gasteiger partial charge in [0.2, 0.25) is 0 Å². The van der Waals surface area contributed by atoms with Crippen LogP contribution in [0, 0.1) is 34.5 Å². The molecule has 4 heteroatoms. The number of esters is 1. The van der Waals surface area contributed by atoms with Crippen LogP contribution in [0.1, 0.15) is 79.1 Å². The van der Waals surface area contributed by atoms with E-state index in [1.54, 1.807) is 5.57 Å². The van der Waals surface area contributed by atoms with Gasteiger partial charge in [-0.1, -0.05) is 30.7 Å². The van der Waals surface area contributed by atoms with Crippen molar-refractivity contribution in [1.82, 2.24) is 0 Å². The molecule has 3 fully saturated rings. The van der Waals surface area contributed by atoms with Crippen LogP contribution >= 0.6 is 0 Å². The van der Waals surface area contributed by atoms with Gasteiger partial charge in [-0.3, -0.25) is 4.79 Å². The third kappa shape index (κ3) is 2.86. The molecule has 4 rings (SSSR count). The molecule has 7 atom stereocenters. The van der Waals surface area contributed by atoms with Gasteiger partial charge in [0, 0.05) is 19.3 Å². The topological polar surface area (TPSA) is 58.9 Å². The number of ether oxygens (including phenoxy) is 1. The first-order chi connectivity index (χ1) is 12.8. The van der Waals surface area contributed by atoms with Crippen molar-refractivity contribution in [1.29, 1.82) is 0 Å². The third-order valence-corrected chi connectivity index (χ3v) is 9.05. The van der Waals surface area contributed by atoms with Crippen LogP contribution in [-0.4, -0.2) is 23.0 Å². The number of nitrogens with zero attached hydrogens (tertiary/aromatic N) is 1. The average molecular weight is 374 g/mol. The number of oxime groups is 1. The van der Waals surface area contributed by atoms with E-state index in [1.807, 2.05) is 6.92 Å². The fourth-order valence-electron chi connectivity index (χ4n) is 7.72. The predicted molar refractivity (Wildman–Crippen MR) is 106 cm³/mol. The number of hydrogen-bond donors (Lipinski definition) is 1. The molecule has 1 unspecified atom stereocenters. The first-order valence-corrected chi connectivity index (χ1v) is 10.8. The molecular weight excluding hydrogens is 338 g/mol. The summed E-state index contributed by atoms with van der Waals surface area (Å²) in [5.74, 6) is 2.52. The molecule has 0 amide bonds. The lowest BCUT2D eigenvalue weighted by molar-refractivity contribution is -0.148. The quantitative estimate of drug-likeness (QED) is 0.233. The molecular formula is C23H35NO3.